The summed E-state index contributed by atoms with van der Waals surface area (Å²) >= 11 is 2.37. The number of methoxy groups -OCH3 is 1. The summed E-state index contributed by atoms with van der Waals surface area (Å²) < 4.78 is 52.2. The highest BCUT2D eigenvalue weighted by atomic mass is 127. The Bertz CT molecular complexity index is 612. The first-order chi connectivity index (χ1) is 14.5. The highest BCUT2D eigenvalue weighted by molar-refractivity contribution is 14.1. The molecule has 1 saturated carbocycles. The minimum Gasteiger partial charge on any atom is -0.469 e. The molecule has 1 heterocycles. The lowest BCUT2D eigenvalue weighted by molar-refractivity contribution is -0.244. The first kappa shape index (κ1) is 26.9. The summed E-state index contributed by atoms with van der Waals surface area (Å²) in [5.41, 5.74) is -2.13. The van der Waals surface area contributed by atoms with E-state index in [9.17, 15) is 23.1 Å². The van der Waals surface area contributed by atoms with Crippen LogP contribution >= 0.6 is 22.6 Å². The van der Waals surface area contributed by atoms with E-state index in [0.29, 0.717) is 19.3 Å². The predicted octanol–water partition coefficient (Wildman–Crippen LogP) is 5.99. The molecular formula is C23H36F3IO4. The largest absolute Gasteiger partial charge is 0.469 e. The van der Waals surface area contributed by atoms with Crippen LogP contribution in [0.2, 0.25) is 0 Å². The Labute approximate surface area is 197 Å². The van der Waals surface area contributed by atoms with Crippen molar-refractivity contribution in [3.8, 4) is 0 Å². The van der Waals surface area contributed by atoms with Crippen molar-refractivity contribution in [1.82, 2.24) is 0 Å². The molecule has 1 saturated heterocycles. The fraction of sp³-hybridized carbons (Fsp3) is 0.870. The molecule has 7 atom stereocenters. The van der Waals surface area contributed by atoms with E-state index in [1.807, 2.05) is 6.92 Å². The molecule has 2 aliphatic rings. The number of carbonyl (C=O) groups excluding carboxylic acids is 1. The number of hydrogen-bond acceptors (Lipinski definition) is 4. The van der Waals surface area contributed by atoms with Gasteiger partial charge in [0.25, 0.3) is 0 Å². The fourth-order valence-corrected chi connectivity index (χ4v) is 5.67. The minimum atomic E-state index is -4.45. The quantitative estimate of drug-likeness (QED) is 0.146. The number of allylic oxidation sites excluding steroid dienone is 1. The van der Waals surface area contributed by atoms with Crippen molar-refractivity contribution >= 4 is 28.6 Å². The number of aliphatic hydroxyl groups is 1. The van der Waals surface area contributed by atoms with Gasteiger partial charge in [0.15, 0.2) is 0 Å². The first-order valence-electron chi connectivity index (χ1n) is 11.3. The van der Waals surface area contributed by atoms with Crippen LogP contribution < -0.4 is 0 Å². The lowest BCUT2D eigenvalue weighted by Gasteiger charge is -2.35. The third kappa shape index (κ3) is 6.82. The summed E-state index contributed by atoms with van der Waals surface area (Å²) in [5, 5.41) is 10.5. The summed E-state index contributed by atoms with van der Waals surface area (Å²) in [6.45, 7) is 2.98. The normalized spacial score (nSPS) is 30.2. The number of fused-ring (bicyclic) bond motifs is 1. The van der Waals surface area contributed by atoms with E-state index >= 15 is 0 Å². The number of alkyl halides is 4. The molecule has 1 N–H and O–H groups in total. The molecule has 0 amide bonds. The van der Waals surface area contributed by atoms with Gasteiger partial charge < -0.3 is 14.6 Å². The summed E-state index contributed by atoms with van der Waals surface area (Å²) in [4.78, 5) is 11.3. The zero-order chi connectivity index (χ0) is 23.2. The smallest absolute Gasteiger partial charge is 0.397 e. The van der Waals surface area contributed by atoms with Gasteiger partial charge in [-0.05, 0) is 57.3 Å². The van der Waals surface area contributed by atoms with Crippen LogP contribution in [-0.4, -0.2) is 46.6 Å². The number of ether oxygens (including phenoxy) is 2. The molecule has 0 aromatic rings. The van der Waals surface area contributed by atoms with Crippen LogP contribution in [0.3, 0.4) is 0 Å². The number of unbranched alkanes of at least 4 members (excludes halogenated alkanes) is 1. The summed E-state index contributed by atoms with van der Waals surface area (Å²) in [5.74, 6) is 0.201. The molecule has 1 unspecified atom stereocenters. The topological polar surface area (TPSA) is 55.8 Å². The molecule has 2 rings (SSSR count). The second-order valence-corrected chi connectivity index (χ2v) is 10.8. The molecule has 31 heavy (non-hydrogen) atoms. The second-order valence-electron chi connectivity index (χ2n) is 9.19. The molecule has 0 aromatic heterocycles. The minimum absolute atomic E-state index is 0.0809. The Kier molecular flexibility index (Phi) is 10.1. The maximum absolute atomic E-state index is 13.7. The maximum Gasteiger partial charge on any atom is 0.397 e. The van der Waals surface area contributed by atoms with Gasteiger partial charge in [0, 0.05) is 10.3 Å². The van der Waals surface area contributed by atoms with E-state index in [-0.39, 0.29) is 40.4 Å². The second kappa shape index (κ2) is 11.7. The average Bonchev–Trinajstić information content (AvgIpc) is 3.30. The van der Waals surface area contributed by atoms with Gasteiger partial charge in [0.2, 0.25) is 0 Å². The van der Waals surface area contributed by atoms with E-state index in [2.05, 4.69) is 27.3 Å². The molecule has 0 aromatic carbocycles. The number of aliphatic hydroxyl groups excluding tert-OH is 1. The lowest BCUT2D eigenvalue weighted by atomic mass is 9.78. The maximum atomic E-state index is 13.7. The Morgan fingerprint density at radius 3 is 2.65 bits per heavy atom. The number of hydrogen-bond donors (Lipinski definition) is 1. The van der Waals surface area contributed by atoms with Crippen molar-refractivity contribution in [2.24, 2.45) is 17.3 Å². The lowest BCUT2D eigenvalue weighted by Crippen LogP contribution is -2.44. The fourth-order valence-electron chi connectivity index (χ4n) is 4.77. The van der Waals surface area contributed by atoms with E-state index < -0.39 is 17.7 Å². The van der Waals surface area contributed by atoms with Gasteiger partial charge in [-0.3, -0.25) is 4.79 Å². The number of esters is 1. The van der Waals surface area contributed by atoms with Gasteiger partial charge in [-0.1, -0.05) is 54.5 Å². The third-order valence-corrected chi connectivity index (χ3v) is 8.47. The van der Waals surface area contributed by atoms with Gasteiger partial charge in [0.05, 0.1) is 30.8 Å². The molecule has 8 heteroatoms. The van der Waals surface area contributed by atoms with Gasteiger partial charge in [-0.25, -0.2) is 0 Å². The number of halogens is 4. The van der Waals surface area contributed by atoms with Crippen molar-refractivity contribution in [3.63, 3.8) is 0 Å². The Morgan fingerprint density at radius 1 is 1.32 bits per heavy atom. The molecular weight excluding hydrogens is 524 g/mol. The Balaban J connectivity index is 1.93. The summed E-state index contributed by atoms with van der Waals surface area (Å²) in [7, 11) is 1.39. The van der Waals surface area contributed by atoms with Crippen LogP contribution in [0.25, 0.3) is 0 Å². The summed E-state index contributed by atoms with van der Waals surface area (Å²) in [6.07, 6.45) is 3.05. The SMILES string of the molecule is CCCC[C@](C)([C@H](O)C=C[C@H]1CCC2O[C@@H]([C@@H](I)CCCC(=O)OC)C[C@@H]21)C(F)(F)F. The Morgan fingerprint density at radius 2 is 2.03 bits per heavy atom. The zero-order valence-corrected chi connectivity index (χ0v) is 20.8. The molecule has 0 spiro atoms. The number of carbonyl (C=O) groups is 1. The van der Waals surface area contributed by atoms with Crippen LogP contribution in [0.15, 0.2) is 12.2 Å². The van der Waals surface area contributed by atoms with E-state index in [1.165, 1.54) is 13.2 Å². The van der Waals surface area contributed by atoms with Crippen molar-refractivity contribution in [3.05, 3.63) is 12.2 Å². The molecule has 180 valence electrons. The van der Waals surface area contributed by atoms with E-state index in [0.717, 1.165) is 39.0 Å². The average molecular weight is 560 g/mol. The molecule has 4 nitrogen and oxygen atoms in total. The predicted molar refractivity (Wildman–Crippen MR) is 122 cm³/mol. The van der Waals surface area contributed by atoms with E-state index in [1.54, 1.807) is 6.08 Å². The molecule has 2 fully saturated rings. The highest BCUT2D eigenvalue weighted by Gasteiger charge is 2.54. The van der Waals surface area contributed by atoms with Gasteiger partial charge in [-0.15, -0.1) is 0 Å². The van der Waals surface area contributed by atoms with Crippen LogP contribution in [0.4, 0.5) is 13.2 Å². The van der Waals surface area contributed by atoms with Crippen LogP contribution in [0.5, 0.6) is 0 Å². The van der Waals surface area contributed by atoms with Crippen LogP contribution in [0.1, 0.15) is 71.6 Å². The summed E-state index contributed by atoms with van der Waals surface area (Å²) in [6, 6.07) is 0. The van der Waals surface area contributed by atoms with Gasteiger partial charge in [-0.2, -0.15) is 13.2 Å². The van der Waals surface area contributed by atoms with Crippen LogP contribution in [-0.2, 0) is 14.3 Å². The van der Waals surface area contributed by atoms with Gasteiger partial charge in [0.1, 0.15) is 0 Å². The van der Waals surface area contributed by atoms with Crippen molar-refractivity contribution in [2.75, 3.05) is 7.11 Å². The van der Waals surface area contributed by atoms with Crippen LogP contribution in [0, 0.1) is 17.3 Å². The van der Waals surface area contributed by atoms with E-state index in [4.69, 9.17) is 4.74 Å². The number of rotatable bonds is 11. The van der Waals surface area contributed by atoms with Crippen molar-refractivity contribution in [1.29, 1.82) is 0 Å². The zero-order valence-electron chi connectivity index (χ0n) is 18.7. The third-order valence-electron chi connectivity index (χ3n) is 7.05. The first-order valence-corrected chi connectivity index (χ1v) is 12.6. The highest BCUT2D eigenvalue weighted by Crippen LogP contribution is 2.48. The monoisotopic (exact) mass is 560 g/mol. The molecule has 1 aliphatic heterocycles. The molecule has 0 radical (unpaired) electrons. The van der Waals surface area contributed by atoms with Crippen molar-refractivity contribution in [2.45, 2.75) is 100 Å². The standard InChI is InChI=1S/C23H36F3IO4/c1-4-5-13-22(2,23(24,25)26)20(28)12-10-15-9-11-18-16(15)14-19(31-18)17(27)7-6-8-21(29)30-3/h10,12,15-20,28H,4-9,11,13-14H2,1-3H3/t15-,16-,17+,18?,19-,20-,22-/m1/s1. The van der Waals surface area contributed by atoms with Crippen molar-refractivity contribution < 1.29 is 32.5 Å². The molecule has 0 bridgehead atoms. The Hall–Kier alpha value is -0.350. The van der Waals surface area contributed by atoms with Gasteiger partial charge >= 0.3 is 12.1 Å². The molecule has 1 aliphatic carbocycles.